The van der Waals surface area contributed by atoms with E-state index in [4.69, 9.17) is 0 Å². The number of phenolic OH excluding ortho intramolecular Hbond substituents is 1. The number of anilines is 1. The third kappa shape index (κ3) is 3.35. The summed E-state index contributed by atoms with van der Waals surface area (Å²) >= 11 is 1.58. The van der Waals surface area contributed by atoms with Crippen molar-refractivity contribution in [2.45, 2.75) is 52.6 Å². The molecule has 2 atom stereocenters. The second-order valence-electron chi connectivity index (χ2n) is 8.54. The van der Waals surface area contributed by atoms with Crippen LogP contribution in [0.3, 0.4) is 0 Å². The van der Waals surface area contributed by atoms with Crippen LogP contribution < -0.4 is 10.6 Å². The summed E-state index contributed by atoms with van der Waals surface area (Å²) in [4.78, 5) is 25.1. The first-order chi connectivity index (χ1) is 13.7. The SMILES string of the molecule is CCC(C)(C)[C@@H]1CCc2c(sc3c2C(=O)N[C@@H](c2cc(O)ccc2[N+](=O)[O-])N3)C1. The van der Waals surface area contributed by atoms with Gasteiger partial charge in [0.15, 0.2) is 0 Å². The highest BCUT2D eigenvalue weighted by atomic mass is 32.1. The van der Waals surface area contributed by atoms with Gasteiger partial charge in [-0.25, -0.2) is 0 Å². The van der Waals surface area contributed by atoms with Crippen molar-refractivity contribution in [1.82, 2.24) is 5.32 Å². The van der Waals surface area contributed by atoms with Crippen LogP contribution in [0.4, 0.5) is 10.7 Å². The van der Waals surface area contributed by atoms with E-state index >= 15 is 0 Å². The Balaban J connectivity index is 1.68. The summed E-state index contributed by atoms with van der Waals surface area (Å²) < 4.78 is 0. The lowest BCUT2D eigenvalue weighted by Gasteiger charge is -2.36. The average molecular weight is 416 g/mol. The molecule has 1 amide bonds. The van der Waals surface area contributed by atoms with Crippen LogP contribution in [0.25, 0.3) is 0 Å². The van der Waals surface area contributed by atoms with Gasteiger partial charge in [-0.05, 0) is 48.3 Å². The van der Waals surface area contributed by atoms with E-state index in [0.29, 0.717) is 11.5 Å². The second-order valence-corrected chi connectivity index (χ2v) is 9.65. The van der Waals surface area contributed by atoms with E-state index in [1.165, 1.54) is 23.1 Å². The molecule has 4 rings (SSSR count). The summed E-state index contributed by atoms with van der Waals surface area (Å²) in [5.41, 5.74) is 2.14. The highest BCUT2D eigenvalue weighted by molar-refractivity contribution is 7.16. The molecule has 0 saturated carbocycles. The van der Waals surface area contributed by atoms with Gasteiger partial charge < -0.3 is 15.7 Å². The van der Waals surface area contributed by atoms with Gasteiger partial charge in [-0.3, -0.25) is 14.9 Å². The highest BCUT2D eigenvalue weighted by Crippen LogP contribution is 2.47. The normalized spacial score (nSPS) is 21.0. The molecule has 2 heterocycles. The van der Waals surface area contributed by atoms with Crippen molar-refractivity contribution < 1.29 is 14.8 Å². The van der Waals surface area contributed by atoms with Crippen LogP contribution in [0.15, 0.2) is 18.2 Å². The number of carbonyl (C=O) groups is 1. The molecular formula is C21H25N3O4S. The van der Waals surface area contributed by atoms with Crippen molar-refractivity contribution in [2.24, 2.45) is 11.3 Å². The summed E-state index contributed by atoms with van der Waals surface area (Å²) in [6, 6.07) is 3.86. The minimum absolute atomic E-state index is 0.0810. The largest absolute Gasteiger partial charge is 0.508 e. The molecule has 3 N–H and O–H groups in total. The molecule has 2 aromatic rings. The molecule has 0 unspecified atom stereocenters. The van der Waals surface area contributed by atoms with Gasteiger partial charge in [0.25, 0.3) is 11.6 Å². The molecule has 29 heavy (non-hydrogen) atoms. The van der Waals surface area contributed by atoms with Gasteiger partial charge in [-0.2, -0.15) is 0 Å². The average Bonchev–Trinajstić information content (AvgIpc) is 3.05. The van der Waals surface area contributed by atoms with Gasteiger partial charge >= 0.3 is 0 Å². The lowest BCUT2D eigenvalue weighted by Crippen LogP contribution is -2.38. The minimum atomic E-state index is -0.759. The number of thiophene rings is 1. The number of phenols is 1. The number of hydrogen-bond donors (Lipinski definition) is 3. The van der Waals surface area contributed by atoms with Crippen molar-refractivity contribution in [3.05, 3.63) is 49.9 Å². The van der Waals surface area contributed by atoms with Gasteiger partial charge in [-0.1, -0.05) is 27.2 Å². The Labute approximate surface area is 173 Å². The third-order valence-corrected chi connectivity index (χ3v) is 7.76. The molecule has 7 nitrogen and oxygen atoms in total. The third-order valence-electron chi connectivity index (χ3n) is 6.58. The fraction of sp³-hybridized carbons (Fsp3) is 0.476. The zero-order valence-electron chi connectivity index (χ0n) is 16.7. The van der Waals surface area contributed by atoms with Crippen LogP contribution in [-0.4, -0.2) is 15.9 Å². The fourth-order valence-electron chi connectivity index (χ4n) is 4.35. The lowest BCUT2D eigenvalue weighted by atomic mass is 9.69. The molecule has 154 valence electrons. The Morgan fingerprint density at radius 3 is 2.79 bits per heavy atom. The predicted molar refractivity (Wildman–Crippen MR) is 112 cm³/mol. The quantitative estimate of drug-likeness (QED) is 0.493. The number of benzene rings is 1. The molecule has 8 heteroatoms. The maximum Gasteiger partial charge on any atom is 0.276 e. The van der Waals surface area contributed by atoms with Gasteiger partial charge in [0.2, 0.25) is 0 Å². The Hall–Kier alpha value is -2.61. The van der Waals surface area contributed by atoms with E-state index in [-0.39, 0.29) is 28.3 Å². The highest BCUT2D eigenvalue weighted by Gasteiger charge is 2.38. The van der Waals surface area contributed by atoms with Crippen LogP contribution in [0, 0.1) is 21.4 Å². The number of rotatable bonds is 4. The number of carbonyl (C=O) groups excluding carboxylic acids is 1. The summed E-state index contributed by atoms with van der Waals surface area (Å²) in [7, 11) is 0. The molecular weight excluding hydrogens is 390 g/mol. The van der Waals surface area contributed by atoms with Crippen LogP contribution >= 0.6 is 11.3 Å². The van der Waals surface area contributed by atoms with E-state index in [1.807, 2.05) is 0 Å². The predicted octanol–water partition coefficient (Wildman–Crippen LogP) is 4.76. The summed E-state index contributed by atoms with van der Waals surface area (Å²) in [6.07, 6.45) is 3.25. The standard InChI is InChI=1S/C21H25N3O4S/c1-4-21(2,3)11-5-7-13-16(9-11)29-20-17(13)19(26)22-18(23-20)14-10-12(25)6-8-15(14)24(27)28/h6,8,10-11,18,23,25H,4-5,7,9H2,1-3H3,(H,22,26)/t11-,18-/m1/s1. The van der Waals surface area contributed by atoms with Crippen molar-refractivity contribution in [2.75, 3.05) is 5.32 Å². The summed E-state index contributed by atoms with van der Waals surface area (Å²) in [6.45, 7) is 6.83. The number of aromatic hydroxyl groups is 1. The van der Waals surface area contributed by atoms with Crippen molar-refractivity contribution in [3.8, 4) is 5.75 Å². The van der Waals surface area contributed by atoms with Crippen LogP contribution in [-0.2, 0) is 12.8 Å². The zero-order chi connectivity index (χ0) is 20.9. The molecule has 1 aromatic carbocycles. The molecule has 1 aliphatic carbocycles. The second kappa shape index (κ2) is 7.02. The van der Waals surface area contributed by atoms with E-state index in [2.05, 4.69) is 31.4 Å². The number of nitrogens with one attached hydrogen (secondary N) is 2. The summed E-state index contributed by atoms with van der Waals surface area (Å²) in [5.74, 6) is 0.278. The van der Waals surface area contributed by atoms with E-state index in [9.17, 15) is 20.0 Å². The molecule has 0 saturated heterocycles. The van der Waals surface area contributed by atoms with Crippen LogP contribution in [0.5, 0.6) is 5.75 Å². The molecule has 0 bridgehead atoms. The van der Waals surface area contributed by atoms with Crippen LogP contribution in [0.1, 0.15) is 66.1 Å². The van der Waals surface area contributed by atoms with E-state index in [1.54, 1.807) is 11.3 Å². The first-order valence-electron chi connectivity index (χ1n) is 9.90. The zero-order valence-corrected chi connectivity index (χ0v) is 17.6. The van der Waals surface area contributed by atoms with E-state index in [0.717, 1.165) is 36.2 Å². The van der Waals surface area contributed by atoms with Crippen LogP contribution in [0.2, 0.25) is 0 Å². The van der Waals surface area contributed by atoms with Gasteiger partial charge in [0.1, 0.15) is 16.9 Å². The number of nitrogens with zero attached hydrogens (tertiary/aromatic N) is 1. The maximum atomic E-state index is 12.9. The fourth-order valence-corrected chi connectivity index (χ4v) is 5.70. The number of amides is 1. The monoisotopic (exact) mass is 415 g/mol. The van der Waals surface area contributed by atoms with Gasteiger partial charge in [0.05, 0.1) is 16.1 Å². The molecule has 0 spiro atoms. The first kappa shape index (κ1) is 19.7. The summed E-state index contributed by atoms with van der Waals surface area (Å²) in [5, 5.41) is 28.1. The maximum absolute atomic E-state index is 12.9. The van der Waals surface area contributed by atoms with E-state index < -0.39 is 11.1 Å². The molecule has 0 fully saturated rings. The topological polar surface area (TPSA) is 104 Å². The first-order valence-corrected chi connectivity index (χ1v) is 10.7. The van der Waals surface area contributed by atoms with Gasteiger partial charge in [-0.15, -0.1) is 11.3 Å². The Kier molecular flexibility index (Phi) is 4.77. The molecule has 2 aliphatic rings. The van der Waals surface area contributed by atoms with Crippen molar-refractivity contribution in [3.63, 3.8) is 0 Å². The number of nitro groups is 1. The minimum Gasteiger partial charge on any atom is -0.508 e. The number of fused-ring (bicyclic) bond motifs is 3. The Morgan fingerprint density at radius 2 is 2.10 bits per heavy atom. The van der Waals surface area contributed by atoms with Gasteiger partial charge in [0, 0.05) is 10.9 Å². The number of nitro benzene ring substituents is 1. The lowest BCUT2D eigenvalue weighted by molar-refractivity contribution is -0.385. The van der Waals surface area contributed by atoms with Crippen molar-refractivity contribution in [1.29, 1.82) is 0 Å². The van der Waals surface area contributed by atoms with Crippen molar-refractivity contribution >= 4 is 27.9 Å². The Morgan fingerprint density at radius 1 is 1.34 bits per heavy atom. The molecule has 0 radical (unpaired) electrons. The molecule has 1 aromatic heterocycles. The smallest absolute Gasteiger partial charge is 0.276 e. The number of hydrogen-bond acceptors (Lipinski definition) is 6. The molecule has 1 aliphatic heterocycles. The Bertz CT molecular complexity index is 998.